The minimum Gasteiger partial charge on any atom is -0.504 e. The Morgan fingerprint density at radius 1 is 1.22 bits per heavy atom. The highest BCUT2D eigenvalue weighted by Crippen LogP contribution is 2.28. The SMILES string of the molecule is Oc1cccc(CNCC(O)c2ccsc2)c1O. The van der Waals surface area contributed by atoms with Crippen LogP contribution in [0, 0.1) is 0 Å². The third-order valence-electron chi connectivity index (χ3n) is 2.68. The lowest BCUT2D eigenvalue weighted by atomic mass is 10.1. The van der Waals surface area contributed by atoms with E-state index in [2.05, 4.69) is 5.32 Å². The summed E-state index contributed by atoms with van der Waals surface area (Å²) in [6.45, 7) is 0.785. The van der Waals surface area contributed by atoms with Crippen molar-refractivity contribution in [1.82, 2.24) is 5.32 Å². The molecule has 0 bridgehead atoms. The number of aromatic hydroxyl groups is 2. The lowest BCUT2D eigenvalue weighted by Gasteiger charge is -2.11. The van der Waals surface area contributed by atoms with Gasteiger partial charge in [-0.25, -0.2) is 0 Å². The molecule has 1 atom stereocenters. The lowest BCUT2D eigenvalue weighted by Crippen LogP contribution is -2.20. The van der Waals surface area contributed by atoms with Crippen LogP contribution in [0.4, 0.5) is 0 Å². The Labute approximate surface area is 109 Å². The number of hydrogen-bond donors (Lipinski definition) is 4. The van der Waals surface area contributed by atoms with Crippen LogP contribution in [0.3, 0.4) is 0 Å². The molecule has 0 fully saturated rings. The van der Waals surface area contributed by atoms with Gasteiger partial charge in [0, 0.05) is 18.7 Å². The van der Waals surface area contributed by atoms with Crippen molar-refractivity contribution >= 4 is 11.3 Å². The standard InChI is InChI=1S/C13H15NO3S/c15-11-3-1-2-9(13(11)17)6-14-7-12(16)10-4-5-18-8-10/h1-5,8,12,14-17H,6-7H2. The summed E-state index contributed by atoms with van der Waals surface area (Å²) in [5.74, 6) is -0.247. The molecule has 2 rings (SSSR count). The Morgan fingerprint density at radius 2 is 2.06 bits per heavy atom. The van der Waals surface area contributed by atoms with Crippen LogP contribution in [-0.4, -0.2) is 21.9 Å². The van der Waals surface area contributed by atoms with E-state index >= 15 is 0 Å². The van der Waals surface area contributed by atoms with Crippen LogP contribution in [0.1, 0.15) is 17.2 Å². The molecule has 2 aromatic rings. The summed E-state index contributed by atoms with van der Waals surface area (Å²) in [6.07, 6.45) is -0.560. The van der Waals surface area contributed by atoms with Crippen LogP contribution in [0.25, 0.3) is 0 Å². The molecule has 18 heavy (non-hydrogen) atoms. The summed E-state index contributed by atoms with van der Waals surface area (Å²) in [5.41, 5.74) is 1.49. The minimum atomic E-state index is -0.560. The largest absolute Gasteiger partial charge is 0.504 e. The van der Waals surface area contributed by atoms with E-state index in [1.54, 1.807) is 23.5 Å². The van der Waals surface area contributed by atoms with Crippen molar-refractivity contribution in [2.45, 2.75) is 12.6 Å². The summed E-state index contributed by atoms with van der Waals surface area (Å²) in [4.78, 5) is 0. The number of hydrogen-bond acceptors (Lipinski definition) is 5. The van der Waals surface area contributed by atoms with Gasteiger partial charge in [0.25, 0.3) is 0 Å². The van der Waals surface area contributed by atoms with Crippen LogP contribution < -0.4 is 5.32 Å². The number of nitrogens with one attached hydrogen (secondary N) is 1. The van der Waals surface area contributed by atoms with Crippen molar-refractivity contribution in [3.05, 3.63) is 46.2 Å². The molecule has 96 valence electrons. The molecule has 0 aliphatic rings. The second-order valence-electron chi connectivity index (χ2n) is 3.99. The zero-order valence-electron chi connectivity index (χ0n) is 9.71. The number of phenols is 2. The Hall–Kier alpha value is -1.56. The van der Waals surface area contributed by atoms with E-state index in [1.807, 2.05) is 16.8 Å². The maximum absolute atomic E-state index is 9.84. The molecular formula is C13H15NO3S. The van der Waals surface area contributed by atoms with Gasteiger partial charge in [-0.15, -0.1) is 0 Å². The molecular weight excluding hydrogens is 250 g/mol. The molecule has 1 aromatic carbocycles. The summed E-state index contributed by atoms with van der Waals surface area (Å²) in [7, 11) is 0. The van der Waals surface area contributed by atoms with E-state index in [0.29, 0.717) is 18.7 Å². The summed E-state index contributed by atoms with van der Waals surface area (Å²) < 4.78 is 0. The normalized spacial score (nSPS) is 12.5. The first kappa shape index (κ1) is 12.9. The maximum Gasteiger partial charge on any atom is 0.161 e. The smallest absolute Gasteiger partial charge is 0.161 e. The monoisotopic (exact) mass is 265 g/mol. The quantitative estimate of drug-likeness (QED) is 0.624. The second-order valence-corrected chi connectivity index (χ2v) is 4.77. The van der Waals surface area contributed by atoms with E-state index in [0.717, 1.165) is 5.56 Å². The molecule has 1 unspecified atom stereocenters. The number of aliphatic hydroxyl groups excluding tert-OH is 1. The van der Waals surface area contributed by atoms with E-state index in [-0.39, 0.29) is 11.5 Å². The number of phenolic OH excluding ortho intramolecular Hbond substituents is 2. The van der Waals surface area contributed by atoms with Gasteiger partial charge in [-0.3, -0.25) is 0 Å². The van der Waals surface area contributed by atoms with Gasteiger partial charge in [0.1, 0.15) is 0 Å². The molecule has 0 radical (unpaired) electrons. The van der Waals surface area contributed by atoms with E-state index < -0.39 is 6.10 Å². The van der Waals surface area contributed by atoms with Gasteiger partial charge in [0.05, 0.1) is 6.10 Å². The molecule has 5 heteroatoms. The number of thiophene rings is 1. The molecule has 1 aromatic heterocycles. The molecule has 0 aliphatic carbocycles. The second kappa shape index (κ2) is 5.86. The third-order valence-corrected chi connectivity index (χ3v) is 3.38. The van der Waals surface area contributed by atoms with Crippen molar-refractivity contribution in [2.75, 3.05) is 6.54 Å². The van der Waals surface area contributed by atoms with Gasteiger partial charge in [0.15, 0.2) is 11.5 Å². The highest BCUT2D eigenvalue weighted by molar-refractivity contribution is 7.07. The molecule has 0 saturated heterocycles. The van der Waals surface area contributed by atoms with Crippen molar-refractivity contribution in [3.63, 3.8) is 0 Å². The van der Waals surface area contributed by atoms with Crippen molar-refractivity contribution in [2.24, 2.45) is 0 Å². The number of benzene rings is 1. The van der Waals surface area contributed by atoms with E-state index in [9.17, 15) is 15.3 Å². The van der Waals surface area contributed by atoms with Crippen LogP contribution >= 0.6 is 11.3 Å². The highest BCUT2D eigenvalue weighted by Gasteiger charge is 2.09. The fourth-order valence-electron chi connectivity index (χ4n) is 1.65. The summed E-state index contributed by atoms with van der Waals surface area (Å²) in [5, 5.41) is 35.6. The maximum atomic E-state index is 9.84. The van der Waals surface area contributed by atoms with Gasteiger partial charge < -0.3 is 20.6 Å². The molecule has 4 nitrogen and oxygen atoms in total. The van der Waals surface area contributed by atoms with Gasteiger partial charge in [0.2, 0.25) is 0 Å². The molecule has 0 amide bonds. The minimum absolute atomic E-state index is 0.116. The number of aliphatic hydroxyl groups is 1. The molecule has 0 aliphatic heterocycles. The van der Waals surface area contributed by atoms with Crippen LogP contribution in [0.2, 0.25) is 0 Å². The average molecular weight is 265 g/mol. The van der Waals surface area contributed by atoms with Crippen LogP contribution in [0.5, 0.6) is 11.5 Å². The van der Waals surface area contributed by atoms with E-state index in [4.69, 9.17) is 0 Å². The van der Waals surface area contributed by atoms with Crippen LogP contribution in [0.15, 0.2) is 35.0 Å². The van der Waals surface area contributed by atoms with Gasteiger partial charge in [-0.1, -0.05) is 12.1 Å². The summed E-state index contributed by atoms with van der Waals surface area (Å²) in [6, 6.07) is 6.70. The molecule has 4 N–H and O–H groups in total. The Kier molecular flexibility index (Phi) is 4.19. The highest BCUT2D eigenvalue weighted by atomic mass is 32.1. The first-order valence-corrected chi connectivity index (χ1v) is 6.53. The average Bonchev–Trinajstić information content (AvgIpc) is 2.88. The fraction of sp³-hybridized carbons (Fsp3) is 0.231. The van der Waals surface area contributed by atoms with E-state index in [1.165, 1.54) is 6.07 Å². The number of rotatable bonds is 5. The molecule has 1 heterocycles. The van der Waals surface area contributed by atoms with Gasteiger partial charge in [-0.05, 0) is 28.5 Å². The first-order valence-electron chi connectivity index (χ1n) is 5.59. The Balaban J connectivity index is 1.87. The van der Waals surface area contributed by atoms with Crippen molar-refractivity contribution < 1.29 is 15.3 Å². The molecule has 0 spiro atoms. The number of para-hydroxylation sites is 1. The van der Waals surface area contributed by atoms with Crippen LogP contribution in [-0.2, 0) is 6.54 Å². The van der Waals surface area contributed by atoms with Crippen molar-refractivity contribution in [1.29, 1.82) is 0 Å². The molecule has 0 saturated carbocycles. The Morgan fingerprint density at radius 3 is 2.78 bits per heavy atom. The van der Waals surface area contributed by atoms with Gasteiger partial charge in [-0.2, -0.15) is 11.3 Å². The Bertz CT molecular complexity index is 499. The predicted molar refractivity (Wildman–Crippen MR) is 70.8 cm³/mol. The van der Waals surface area contributed by atoms with Crippen molar-refractivity contribution in [3.8, 4) is 11.5 Å². The van der Waals surface area contributed by atoms with Gasteiger partial charge >= 0.3 is 0 Å². The fourth-order valence-corrected chi connectivity index (χ4v) is 2.35. The zero-order valence-corrected chi connectivity index (χ0v) is 10.5. The summed E-state index contributed by atoms with van der Waals surface area (Å²) >= 11 is 1.54. The third kappa shape index (κ3) is 3.01. The first-order chi connectivity index (χ1) is 8.68. The lowest BCUT2D eigenvalue weighted by molar-refractivity contribution is 0.174. The topological polar surface area (TPSA) is 72.7 Å². The zero-order chi connectivity index (χ0) is 13.0. The predicted octanol–water partition coefficient (Wildman–Crippen LogP) is 1.98.